The zero-order chi connectivity index (χ0) is 14.4. The summed E-state index contributed by atoms with van der Waals surface area (Å²) in [7, 11) is 0. The number of para-hydroxylation sites is 1. The molecule has 1 unspecified atom stereocenters. The fraction of sp³-hybridized carbons (Fsp3) is 0.429. The average molecular weight is 267 g/mol. The van der Waals surface area contributed by atoms with Gasteiger partial charge in [0.1, 0.15) is 5.82 Å². The van der Waals surface area contributed by atoms with Crippen LogP contribution in [0.25, 0.3) is 0 Å². The monoisotopic (exact) mass is 267 g/mol. The summed E-state index contributed by atoms with van der Waals surface area (Å²) >= 11 is 0. The topological polar surface area (TPSA) is 66.4 Å². The maximum Gasteiger partial charge on any atom is 0.303 e. The minimum absolute atomic E-state index is 0.00822. The van der Waals surface area contributed by atoms with Gasteiger partial charge >= 0.3 is 5.97 Å². The van der Waals surface area contributed by atoms with Crippen LogP contribution < -0.4 is 5.32 Å². The quantitative estimate of drug-likeness (QED) is 0.832. The van der Waals surface area contributed by atoms with E-state index in [1.54, 1.807) is 6.07 Å². The second-order valence-corrected chi connectivity index (χ2v) is 4.75. The summed E-state index contributed by atoms with van der Waals surface area (Å²) in [6.45, 7) is 3.68. The van der Waals surface area contributed by atoms with Crippen LogP contribution in [0.4, 0.5) is 10.1 Å². The Labute approximate surface area is 111 Å². The van der Waals surface area contributed by atoms with E-state index in [9.17, 15) is 14.0 Å². The Bertz CT molecular complexity index is 460. The molecule has 0 aliphatic rings. The lowest BCUT2D eigenvalue weighted by Gasteiger charge is -2.19. The van der Waals surface area contributed by atoms with E-state index in [2.05, 4.69) is 5.32 Å². The van der Waals surface area contributed by atoms with E-state index >= 15 is 0 Å². The summed E-state index contributed by atoms with van der Waals surface area (Å²) in [5.41, 5.74) is 0.119. The van der Waals surface area contributed by atoms with Gasteiger partial charge in [-0.25, -0.2) is 4.39 Å². The highest BCUT2D eigenvalue weighted by Gasteiger charge is 2.23. The smallest absolute Gasteiger partial charge is 0.303 e. The van der Waals surface area contributed by atoms with Crippen molar-refractivity contribution < 1.29 is 19.1 Å². The Morgan fingerprint density at radius 2 is 1.95 bits per heavy atom. The highest BCUT2D eigenvalue weighted by atomic mass is 19.1. The fourth-order valence-corrected chi connectivity index (χ4v) is 1.83. The number of halogens is 1. The first-order chi connectivity index (χ1) is 8.91. The second kappa shape index (κ2) is 6.87. The van der Waals surface area contributed by atoms with Gasteiger partial charge in [-0.1, -0.05) is 26.0 Å². The fourth-order valence-electron chi connectivity index (χ4n) is 1.83. The van der Waals surface area contributed by atoms with Gasteiger partial charge in [0.05, 0.1) is 5.69 Å². The van der Waals surface area contributed by atoms with Crippen LogP contribution in [0.1, 0.15) is 26.7 Å². The molecule has 0 saturated heterocycles. The average Bonchev–Trinajstić information content (AvgIpc) is 2.31. The number of anilines is 1. The largest absolute Gasteiger partial charge is 0.481 e. The number of amides is 1. The van der Waals surface area contributed by atoms with Gasteiger partial charge in [-0.2, -0.15) is 0 Å². The Morgan fingerprint density at radius 3 is 2.47 bits per heavy atom. The highest BCUT2D eigenvalue weighted by molar-refractivity contribution is 5.93. The molecule has 5 heteroatoms. The molecule has 0 saturated carbocycles. The molecule has 0 aliphatic heterocycles. The Kier molecular flexibility index (Phi) is 5.48. The van der Waals surface area contributed by atoms with E-state index in [1.165, 1.54) is 18.2 Å². The normalized spacial score (nSPS) is 12.2. The number of hydrogen-bond acceptors (Lipinski definition) is 2. The van der Waals surface area contributed by atoms with E-state index in [1.807, 2.05) is 13.8 Å². The van der Waals surface area contributed by atoms with Crippen molar-refractivity contribution in [3.05, 3.63) is 30.1 Å². The molecule has 1 aromatic carbocycles. The molecule has 0 radical (unpaired) electrons. The van der Waals surface area contributed by atoms with Gasteiger partial charge in [0.25, 0.3) is 0 Å². The molecule has 1 rings (SSSR count). The Hall–Kier alpha value is -1.91. The molecule has 4 nitrogen and oxygen atoms in total. The summed E-state index contributed by atoms with van der Waals surface area (Å²) in [6, 6.07) is 5.90. The third-order valence-corrected chi connectivity index (χ3v) is 2.94. The molecule has 1 amide bonds. The number of benzene rings is 1. The number of rotatable bonds is 6. The summed E-state index contributed by atoms with van der Waals surface area (Å²) in [5, 5.41) is 11.2. The SMILES string of the molecule is CC(C)C(CCC(=O)O)C(=O)Nc1ccccc1F. The van der Waals surface area contributed by atoms with Crippen LogP contribution in [-0.4, -0.2) is 17.0 Å². The van der Waals surface area contributed by atoms with Gasteiger partial charge in [0.2, 0.25) is 5.91 Å². The lowest BCUT2D eigenvalue weighted by Crippen LogP contribution is -2.28. The van der Waals surface area contributed by atoms with Crippen LogP contribution >= 0.6 is 0 Å². The van der Waals surface area contributed by atoms with Crippen LogP contribution in [0.15, 0.2) is 24.3 Å². The first kappa shape index (κ1) is 15.1. The van der Waals surface area contributed by atoms with Crippen molar-refractivity contribution in [1.29, 1.82) is 0 Å². The number of carboxylic acid groups (broad SMARTS) is 1. The molecule has 0 aromatic heterocycles. The third-order valence-electron chi connectivity index (χ3n) is 2.94. The molecule has 104 valence electrons. The second-order valence-electron chi connectivity index (χ2n) is 4.75. The zero-order valence-corrected chi connectivity index (χ0v) is 11.0. The summed E-state index contributed by atoms with van der Waals surface area (Å²) < 4.78 is 13.4. The van der Waals surface area contributed by atoms with Crippen molar-refractivity contribution in [3.63, 3.8) is 0 Å². The molecule has 0 fully saturated rings. The van der Waals surface area contributed by atoms with Crippen molar-refractivity contribution in [2.75, 3.05) is 5.32 Å². The molecule has 19 heavy (non-hydrogen) atoms. The minimum atomic E-state index is -0.940. The molecule has 0 spiro atoms. The van der Waals surface area contributed by atoms with Crippen LogP contribution in [0.2, 0.25) is 0 Å². The van der Waals surface area contributed by atoms with Crippen molar-refractivity contribution in [2.24, 2.45) is 11.8 Å². The van der Waals surface area contributed by atoms with Gasteiger partial charge in [-0.15, -0.1) is 0 Å². The number of hydrogen-bond donors (Lipinski definition) is 2. The van der Waals surface area contributed by atoms with Crippen molar-refractivity contribution in [2.45, 2.75) is 26.7 Å². The van der Waals surface area contributed by atoms with Gasteiger partial charge in [-0.3, -0.25) is 9.59 Å². The number of carboxylic acids is 1. The van der Waals surface area contributed by atoms with Crippen LogP contribution in [-0.2, 0) is 9.59 Å². The van der Waals surface area contributed by atoms with E-state index in [0.717, 1.165) is 0 Å². The zero-order valence-electron chi connectivity index (χ0n) is 11.0. The lowest BCUT2D eigenvalue weighted by atomic mass is 9.90. The first-order valence-electron chi connectivity index (χ1n) is 6.19. The number of aliphatic carboxylic acids is 1. The number of nitrogens with one attached hydrogen (secondary N) is 1. The Balaban J connectivity index is 2.72. The molecule has 2 N–H and O–H groups in total. The lowest BCUT2D eigenvalue weighted by molar-refractivity contribution is -0.137. The molecular formula is C14H18FNO3. The van der Waals surface area contributed by atoms with Crippen LogP contribution in [0, 0.1) is 17.7 Å². The maximum absolute atomic E-state index is 13.4. The van der Waals surface area contributed by atoms with E-state index in [4.69, 9.17) is 5.11 Å². The van der Waals surface area contributed by atoms with Crippen LogP contribution in [0.3, 0.4) is 0 Å². The molecule has 0 aliphatic carbocycles. The minimum Gasteiger partial charge on any atom is -0.481 e. The third kappa shape index (κ3) is 4.69. The van der Waals surface area contributed by atoms with Gasteiger partial charge in [-0.05, 0) is 24.5 Å². The van der Waals surface area contributed by atoms with Gasteiger partial charge < -0.3 is 10.4 Å². The molecule has 0 bridgehead atoms. The molecule has 0 heterocycles. The predicted octanol–water partition coefficient (Wildman–Crippen LogP) is 2.90. The van der Waals surface area contributed by atoms with Crippen molar-refractivity contribution >= 4 is 17.6 Å². The van der Waals surface area contributed by atoms with Crippen molar-refractivity contribution in [1.82, 2.24) is 0 Å². The van der Waals surface area contributed by atoms with Crippen LogP contribution in [0.5, 0.6) is 0 Å². The first-order valence-corrected chi connectivity index (χ1v) is 6.19. The molecular weight excluding hydrogens is 249 g/mol. The van der Waals surface area contributed by atoms with Crippen molar-refractivity contribution in [3.8, 4) is 0 Å². The number of carbonyl (C=O) groups excluding carboxylic acids is 1. The van der Waals surface area contributed by atoms with Gasteiger partial charge in [0, 0.05) is 12.3 Å². The van der Waals surface area contributed by atoms with Gasteiger partial charge in [0.15, 0.2) is 0 Å². The van der Waals surface area contributed by atoms with E-state index in [0.29, 0.717) is 0 Å². The summed E-state index contributed by atoms with van der Waals surface area (Å²) in [5.74, 6) is -2.25. The highest BCUT2D eigenvalue weighted by Crippen LogP contribution is 2.21. The maximum atomic E-state index is 13.4. The molecule has 1 atom stereocenters. The summed E-state index contributed by atoms with van der Waals surface area (Å²) in [4.78, 5) is 22.6. The van der Waals surface area contributed by atoms with E-state index in [-0.39, 0.29) is 30.4 Å². The standard InChI is InChI=1S/C14H18FNO3/c1-9(2)10(7-8-13(17)18)14(19)16-12-6-4-3-5-11(12)15/h3-6,9-10H,7-8H2,1-2H3,(H,16,19)(H,17,18). The molecule has 1 aromatic rings. The summed E-state index contributed by atoms with van der Waals surface area (Å²) in [6.07, 6.45) is 0.167. The number of carbonyl (C=O) groups is 2. The Morgan fingerprint density at radius 1 is 1.32 bits per heavy atom. The van der Waals surface area contributed by atoms with E-state index < -0.39 is 17.7 Å². The predicted molar refractivity (Wildman–Crippen MR) is 70.2 cm³/mol.